The zero-order valence-electron chi connectivity index (χ0n) is 11.1. The van der Waals surface area contributed by atoms with Crippen LogP contribution in [0, 0.1) is 0 Å². The van der Waals surface area contributed by atoms with Crippen LogP contribution in [0.2, 0.25) is 0 Å². The first-order chi connectivity index (χ1) is 8.72. The highest BCUT2D eigenvalue weighted by molar-refractivity contribution is 9.10. The topological polar surface area (TPSA) is 24.5 Å². The molecule has 1 fully saturated rings. The molecule has 0 aromatic heterocycles. The Morgan fingerprint density at radius 2 is 2.11 bits per heavy atom. The van der Waals surface area contributed by atoms with E-state index in [-0.39, 0.29) is 0 Å². The first kappa shape index (κ1) is 13.8. The number of nitrogens with zero attached hydrogens (tertiary/aromatic N) is 1. The van der Waals surface area contributed by atoms with Crippen molar-refractivity contribution in [3.8, 4) is 0 Å². The van der Waals surface area contributed by atoms with Crippen LogP contribution in [0.15, 0.2) is 22.7 Å². The summed E-state index contributed by atoms with van der Waals surface area (Å²) in [6.07, 6.45) is 2.23. The molecule has 18 heavy (non-hydrogen) atoms. The van der Waals surface area contributed by atoms with Crippen LogP contribution < -0.4 is 10.2 Å². The molecule has 100 valence electrons. The molecule has 1 aromatic carbocycles. The maximum Gasteiger partial charge on any atom is 0.0485 e. The maximum atomic E-state index is 5.44. The summed E-state index contributed by atoms with van der Waals surface area (Å²) in [6.45, 7) is 2.66. The van der Waals surface area contributed by atoms with Gasteiger partial charge in [-0.25, -0.2) is 0 Å². The van der Waals surface area contributed by atoms with E-state index in [4.69, 9.17) is 4.74 Å². The van der Waals surface area contributed by atoms with Gasteiger partial charge in [0.2, 0.25) is 0 Å². The molecule has 3 nitrogen and oxygen atoms in total. The van der Waals surface area contributed by atoms with Crippen molar-refractivity contribution in [1.82, 2.24) is 5.32 Å². The quantitative estimate of drug-likeness (QED) is 0.925. The second kappa shape index (κ2) is 6.55. The fraction of sp³-hybridized carbons (Fsp3) is 0.571. The van der Waals surface area contributed by atoms with Crippen LogP contribution in [0.4, 0.5) is 5.69 Å². The minimum Gasteiger partial charge on any atom is -0.381 e. The first-order valence-electron chi connectivity index (χ1n) is 6.46. The minimum absolute atomic E-state index is 0.587. The number of ether oxygens (including phenoxy) is 1. The van der Waals surface area contributed by atoms with E-state index in [0.29, 0.717) is 6.04 Å². The lowest BCUT2D eigenvalue weighted by molar-refractivity contribution is 0.0854. The first-order valence-corrected chi connectivity index (χ1v) is 7.25. The molecule has 0 spiro atoms. The van der Waals surface area contributed by atoms with Crippen molar-refractivity contribution in [3.63, 3.8) is 0 Å². The van der Waals surface area contributed by atoms with Gasteiger partial charge in [-0.15, -0.1) is 0 Å². The van der Waals surface area contributed by atoms with E-state index in [1.807, 2.05) is 7.05 Å². The monoisotopic (exact) mass is 312 g/mol. The third-order valence-corrected chi connectivity index (χ3v) is 4.03. The number of hydrogen-bond donors (Lipinski definition) is 1. The lowest BCUT2D eigenvalue weighted by Crippen LogP contribution is -2.37. The molecule has 1 heterocycles. The van der Waals surface area contributed by atoms with Crippen molar-refractivity contribution in [2.75, 3.05) is 32.2 Å². The smallest absolute Gasteiger partial charge is 0.0485 e. The van der Waals surface area contributed by atoms with Gasteiger partial charge in [0.05, 0.1) is 0 Å². The molecule has 0 unspecified atom stereocenters. The average Bonchev–Trinajstić information content (AvgIpc) is 2.41. The molecule has 1 aliphatic heterocycles. The van der Waals surface area contributed by atoms with Gasteiger partial charge in [-0.1, -0.05) is 22.0 Å². The molecular weight excluding hydrogens is 292 g/mol. The normalized spacial score (nSPS) is 16.8. The van der Waals surface area contributed by atoms with Gasteiger partial charge in [0.15, 0.2) is 0 Å². The summed E-state index contributed by atoms with van der Waals surface area (Å²) in [4.78, 5) is 2.40. The van der Waals surface area contributed by atoms with Crippen LogP contribution >= 0.6 is 15.9 Å². The Balaban J connectivity index is 2.21. The minimum atomic E-state index is 0.587. The third-order valence-electron chi connectivity index (χ3n) is 3.53. The highest BCUT2D eigenvalue weighted by atomic mass is 79.9. The van der Waals surface area contributed by atoms with Crippen LogP contribution in [-0.2, 0) is 11.3 Å². The van der Waals surface area contributed by atoms with Crippen LogP contribution in [-0.4, -0.2) is 33.4 Å². The van der Waals surface area contributed by atoms with Crippen LogP contribution in [0.3, 0.4) is 0 Å². The number of anilines is 1. The van der Waals surface area contributed by atoms with Gasteiger partial charge < -0.3 is 15.0 Å². The molecule has 0 aliphatic carbocycles. The molecule has 0 amide bonds. The largest absolute Gasteiger partial charge is 0.381 e. The Morgan fingerprint density at radius 1 is 1.39 bits per heavy atom. The van der Waals surface area contributed by atoms with E-state index in [1.54, 1.807) is 0 Å². The summed E-state index contributed by atoms with van der Waals surface area (Å²) < 4.78 is 6.57. The summed E-state index contributed by atoms with van der Waals surface area (Å²) in [6, 6.07) is 7.09. The standard InChI is InChI=1S/C14H21BrN2O/c1-16-10-11-3-4-12(15)9-14(11)17(2)13-5-7-18-8-6-13/h3-4,9,13,16H,5-8,10H2,1-2H3. The molecule has 0 bridgehead atoms. The van der Waals surface area contributed by atoms with Crippen LogP contribution in [0.1, 0.15) is 18.4 Å². The summed E-state index contributed by atoms with van der Waals surface area (Å²) in [5.74, 6) is 0. The van der Waals surface area contributed by atoms with Gasteiger partial charge in [-0.2, -0.15) is 0 Å². The summed E-state index contributed by atoms with van der Waals surface area (Å²) in [5.41, 5.74) is 2.65. The highest BCUT2D eigenvalue weighted by Crippen LogP contribution is 2.28. The predicted octanol–water partition coefficient (Wildman–Crippen LogP) is 2.78. The predicted molar refractivity (Wildman–Crippen MR) is 79.1 cm³/mol. The van der Waals surface area contributed by atoms with Gasteiger partial charge >= 0.3 is 0 Å². The van der Waals surface area contributed by atoms with Crippen molar-refractivity contribution in [2.45, 2.75) is 25.4 Å². The lowest BCUT2D eigenvalue weighted by Gasteiger charge is -2.34. The molecule has 1 aromatic rings. The number of halogens is 1. The van der Waals surface area contributed by atoms with Crippen molar-refractivity contribution in [3.05, 3.63) is 28.2 Å². The second-order valence-corrected chi connectivity index (χ2v) is 5.67. The van der Waals surface area contributed by atoms with Crippen molar-refractivity contribution < 1.29 is 4.74 Å². The maximum absolute atomic E-state index is 5.44. The highest BCUT2D eigenvalue weighted by Gasteiger charge is 2.20. The van der Waals surface area contributed by atoms with Crippen molar-refractivity contribution >= 4 is 21.6 Å². The van der Waals surface area contributed by atoms with Gasteiger partial charge in [-0.3, -0.25) is 0 Å². The number of hydrogen-bond acceptors (Lipinski definition) is 3. The average molecular weight is 313 g/mol. The Hall–Kier alpha value is -0.580. The summed E-state index contributed by atoms with van der Waals surface area (Å²) in [7, 11) is 4.18. The number of rotatable bonds is 4. The number of benzene rings is 1. The molecule has 1 saturated heterocycles. The van der Waals surface area contributed by atoms with E-state index < -0.39 is 0 Å². The summed E-state index contributed by atoms with van der Waals surface area (Å²) in [5, 5.41) is 3.23. The van der Waals surface area contributed by atoms with E-state index in [1.165, 1.54) is 11.3 Å². The van der Waals surface area contributed by atoms with E-state index >= 15 is 0 Å². The molecule has 4 heteroatoms. The Bertz CT molecular complexity index is 391. The zero-order valence-corrected chi connectivity index (χ0v) is 12.7. The Labute approximate surface area is 118 Å². The summed E-state index contributed by atoms with van der Waals surface area (Å²) >= 11 is 3.57. The zero-order chi connectivity index (χ0) is 13.0. The van der Waals surface area contributed by atoms with Gasteiger partial charge in [0.1, 0.15) is 0 Å². The Kier molecular flexibility index (Phi) is 5.03. The number of nitrogens with one attached hydrogen (secondary N) is 1. The lowest BCUT2D eigenvalue weighted by atomic mass is 10.0. The second-order valence-electron chi connectivity index (χ2n) is 4.76. The molecule has 0 saturated carbocycles. The van der Waals surface area contributed by atoms with E-state index in [2.05, 4.69) is 51.4 Å². The van der Waals surface area contributed by atoms with E-state index in [9.17, 15) is 0 Å². The van der Waals surface area contributed by atoms with Gasteiger partial charge in [0, 0.05) is 43.0 Å². The van der Waals surface area contributed by atoms with Crippen molar-refractivity contribution in [2.24, 2.45) is 0 Å². The molecular formula is C14H21BrN2O. The van der Waals surface area contributed by atoms with E-state index in [0.717, 1.165) is 37.1 Å². The fourth-order valence-electron chi connectivity index (χ4n) is 2.47. The van der Waals surface area contributed by atoms with Gasteiger partial charge in [-0.05, 0) is 37.6 Å². The van der Waals surface area contributed by atoms with Crippen LogP contribution in [0.5, 0.6) is 0 Å². The molecule has 0 radical (unpaired) electrons. The van der Waals surface area contributed by atoms with Crippen molar-refractivity contribution in [1.29, 1.82) is 0 Å². The van der Waals surface area contributed by atoms with Gasteiger partial charge in [0.25, 0.3) is 0 Å². The molecule has 0 atom stereocenters. The fourth-order valence-corrected chi connectivity index (χ4v) is 2.82. The SMILES string of the molecule is CNCc1ccc(Br)cc1N(C)C1CCOCC1. The molecule has 2 rings (SSSR count). The van der Waals surface area contributed by atoms with Crippen LogP contribution in [0.25, 0.3) is 0 Å². The third kappa shape index (κ3) is 3.25. The molecule has 1 N–H and O–H groups in total. The molecule has 1 aliphatic rings. The Morgan fingerprint density at radius 3 is 2.78 bits per heavy atom.